The van der Waals surface area contributed by atoms with Gasteiger partial charge in [-0.2, -0.15) is 0 Å². The topological polar surface area (TPSA) is 47.6 Å². The fraction of sp³-hybridized carbons (Fsp3) is 0.526. The van der Waals surface area contributed by atoms with E-state index in [4.69, 9.17) is 4.74 Å². The molecule has 0 saturated carbocycles. The fourth-order valence-corrected chi connectivity index (χ4v) is 2.60. The molecule has 0 fully saturated rings. The molecule has 0 radical (unpaired) electrons. The Bertz CT molecular complexity index is 611. The summed E-state index contributed by atoms with van der Waals surface area (Å²) in [4.78, 5) is 12.0. The summed E-state index contributed by atoms with van der Waals surface area (Å²) >= 11 is 0. The van der Waals surface area contributed by atoms with E-state index in [-0.39, 0.29) is 0 Å². The van der Waals surface area contributed by atoms with Crippen LogP contribution in [0.2, 0.25) is 0 Å². The summed E-state index contributed by atoms with van der Waals surface area (Å²) in [5.74, 6) is -2.59. The zero-order chi connectivity index (χ0) is 20.5. The predicted octanol–water partition coefficient (Wildman–Crippen LogP) is 4.86. The minimum Gasteiger partial charge on any atom is -0.468 e. The summed E-state index contributed by atoms with van der Waals surface area (Å²) in [7, 11) is 1.26. The summed E-state index contributed by atoms with van der Waals surface area (Å²) < 4.78 is 59.4. The van der Waals surface area contributed by atoms with E-state index >= 15 is 0 Å². The van der Waals surface area contributed by atoms with Gasteiger partial charge in [0, 0.05) is 0 Å². The van der Waals surface area contributed by atoms with Crippen molar-refractivity contribution in [3.63, 3.8) is 0 Å². The molecule has 0 amide bonds. The Morgan fingerprint density at radius 3 is 2.56 bits per heavy atom. The van der Waals surface area contributed by atoms with Gasteiger partial charge in [-0.25, -0.2) is 4.39 Å². The van der Waals surface area contributed by atoms with Crippen LogP contribution in [0.3, 0.4) is 0 Å². The molecule has 0 aromatic carbocycles. The van der Waals surface area contributed by atoms with Crippen molar-refractivity contribution in [2.75, 3.05) is 7.11 Å². The standard InChI is InChI=1S/C19H25F4NO3/c1-4-5-6-7-8-9-15(17(25)26-3)24-18(2)12-10-14(20)16(11-13-18)27-19(21,22)23/h4,10-13,15,24H,1,5-9H2,2-3H3/t15-,18?/m0/s1. The Labute approximate surface area is 156 Å². The monoisotopic (exact) mass is 391 g/mol. The van der Waals surface area contributed by atoms with E-state index in [0.717, 1.165) is 37.8 Å². The molecule has 1 aliphatic carbocycles. The highest BCUT2D eigenvalue weighted by atomic mass is 19.4. The van der Waals surface area contributed by atoms with Gasteiger partial charge in [-0.1, -0.05) is 31.1 Å². The molecule has 2 atom stereocenters. The van der Waals surface area contributed by atoms with Crippen molar-refractivity contribution in [1.29, 1.82) is 0 Å². The van der Waals surface area contributed by atoms with Crippen LogP contribution in [0.5, 0.6) is 0 Å². The van der Waals surface area contributed by atoms with Gasteiger partial charge in [0.15, 0.2) is 11.6 Å². The number of nitrogens with one attached hydrogen (secondary N) is 1. The number of methoxy groups -OCH3 is 1. The van der Waals surface area contributed by atoms with Crippen LogP contribution in [0.15, 0.2) is 48.5 Å². The smallest absolute Gasteiger partial charge is 0.468 e. The number of ether oxygens (including phenoxy) is 2. The number of rotatable bonds is 10. The van der Waals surface area contributed by atoms with Crippen molar-refractivity contribution in [3.05, 3.63) is 48.5 Å². The van der Waals surface area contributed by atoms with Crippen molar-refractivity contribution >= 4 is 5.97 Å². The van der Waals surface area contributed by atoms with Crippen LogP contribution in [-0.4, -0.2) is 31.0 Å². The number of hydrogen-bond acceptors (Lipinski definition) is 4. The number of alkyl halides is 3. The summed E-state index contributed by atoms with van der Waals surface area (Å²) in [5.41, 5.74) is -1.06. The van der Waals surface area contributed by atoms with Gasteiger partial charge < -0.3 is 9.47 Å². The average molecular weight is 391 g/mol. The highest BCUT2D eigenvalue weighted by molar-refractivity contribution is 5.75. The quantitative estimate of drug-likeness (QED) is 0.250. The second-order valence-electron chi connectivity index (χ2n) is 6.36. The summed E-state index contributed by atoms with van der Waals surface area (Å²) in [5, 5.41) is 3.02. The van der Waals surface area contributed by atoms with Crippen molar-refractivity contribution in [3.8, 4) is 0 Å². The Kier molecular flexibility index (Phi) is 8.75. The van der Waals surface area contributed by atoms with Gasteiger partial charge in [-0.05, 0) is 38.3 Å². The van der Waals surface area contributed by atoms with Gasteiger partial charge in [-0.3, -0.25) is 10.1 Å². The molecule has 0 aromatic heterocycles. The lowest BCUT2D eigenvalue weighted by molar-refractivity contribution is -0.304. The number of carbonyl (C=O) groups is 1. The lowest BCUT2D eigenvalue weighted by atomic mass is 9.98. The van der Waals surface area contributed by atoms with Crippen LogP contribution in [0, 0.1) is 0 Å². The van der Waals surface area contributed by atoms with Crippen molar-refractivity contribution in [1.82, 2.24) is 5.32 Å². The third-order valence-electron chi connectivity index (χ3n) is 3.99. The van der Waals surface area contributed by atoms with E-state index < -0.39 is 35.5 Å². The number of hydrogen-bond donors (Lipinski definition) is 1. The lowest BCUT2D eigenvalue weighted by Crippen LogP contribution is -2.49. The molecule has 4 nitrogen and oxygen atoms in total. The zero-order valence-corrected chi connectivity index (χ0v) is 15.4. The minimum absolute atomic E-state index is 0.475. The zero-order valence-electron chi connectivity index (χ0n) is 15.4. The van der Waals surface area contributed by atoms with Crippen molar-refractivity contribution in [2.45, 2.75) is 57.0 Å². The minimum atomic E-state index is -5.00. The SMILES string of the molecule is C=CCCCCC[C@H](NC1(C)C=CC(F)=C(OC(F)(F)F)C=C1)C(=O)OC. The Hall–Kier alpha value is -2.09. The van der Waals surface area contributed by atoms with Gasteiger partial charge in [0.25, 0.3) is 0 Å². The molecule has 27 heavy (non-hydrogen) atoms. The predicted molar refractivity (Wildman–Crippen MR) is 94.2 cm³/mol. The van der Waals surface area contributed by atoms with Gasteiger partial charge >= 0.3 is 12.3 Å². The van der Waals surface area contributed by atoms with E-state index in [1.54, 1.807) is 6.92 Å². The maximum absolute atomic E-state index is 13.9. The molecule has 0 bridgehead atoms. The first-order valence-electron chi connectivity index (χ1n) is 8.60. The molecular formula is C19H25F4NO3. The average Bonchev–Trinajstić information content (AvgIpc) is 2.72. The molecule has 0 aliphatic heterocycles. The first kappa shape index (κ1) is 23.0. The number of allylic oxidation sites excluding steroid dienone is 4. The third kappa shape index (κ3) is 8.43. The second kappa shape index (κ2) is 10.3. The molecule has 1 rings (SSSR count). The van der Waals surface area contributed by atoms with E-state index in [9.17, 15) is 22.4 Å². The molecule has 0 spiro atoms. The summed E-state index contributed by atoms with van der Waals surface area (Å²) in [6.45, 7) is 5.26. The van der Waals surface area contributed by atoms with Crippen LogP contribution >= 0.6 is 0 Å². The van der Waals surface area contributed by atoms with Gasteiger partial charge in [-0.15, -0.1) is 19.8 Å². The van der Waals surface area contributed by atoms with Crippen LogP contribution in [0.25, 0.3) is 0 Å². The third-order valence-corrected chi connectivity index (χ3v) is 3.99. The molecule has 0 saturated heterocycles. The molecule has 1 N–H and O–H groups in total. The molecule has 1 unspecified atom stereocenters. The van der Waals surface area contributed by atoms with Gasteiger partial charge in [0.05, 0.1) is 12.6 Å². The van der Waals surface area contributed by atoms with Crippen LogP contribution < -0.4 is 5.32 Å². The summed E-state index contributed by atoms with van der Waals surface area (Å²) in [6, 6.07) is -0.689. The highest BCUT2D eigenvalue weighted by Crippen LogP contribution is 2.28. The van der Waals surface area contributed by atoms with E-state index in [0.29, 0.717) is 6.42 Å². The van der Waals surface area contributed by atoms with E-state index in [1.807, 2.05) is 6.08 Å². The molecule has 8 heteroatoms. The summed E-state index contributed by atoms with van der Waals surface area (Å²) in [6.07, 6.45) is 5.18. The van der Waals surface area contributed by atoms with E-state index in [2.05, 4.69) is 16.6 Å². The van der Waals surface area contributed by atoms with Crippen LogP contribution in [-0.2, 0) is 14.3 Å². The molecular weight excluding hydrogens is 366 g/mol. The normalized spacial score (nSPS) is 21.0. The molecule has 1 aliphatic rings. The number of halogens is 4. The Morgan fingerprint density at radius 1 is 1.30 bits per heavy atom. The number of esters is 1. The number of unbranched alkanes of at least 4 members (excludes halogenated alkanes) is 3. The fourth-order valence-electron chi connectivity index (χ4n) is 2.60. The highest BCUT2D eigenvalue weighted by Gasteiger charge is 2.34. The second-order valence-corrected chi connectivity index (χ2v) is 6.36. The van der Waals surface area contributed by atoms with E-state index in [1.165, 1.54) is 19.3 Å². The first-order valence-corrected chi connectivity index (χ1v) is 8.60. The first-order chi connectivity index (χ1) is 12.6. The maximum atomic E-state index is 13.9. The molecule has 152 valence electrons. The van der Waals surface area contributed by atoms with Crippen LogP contribution in [0.1, 0.15) is 39.0 Å². The lowest BCUT2D eigenvalue weighted by Gasteiger charge is -2.28. The maximum Gasteiger partial charge on any atom is 0.573 e. The van der Waals surface area contributed by atoms with Crippen LogP contribution in [0.4, 0.5) is 17.6 Å². The number of carbonyl (C=O) groups excluding carboxylic acids is 1. The van der Waals surface area contributed by atoms with Crippen molar-refractivity contribution in [2.24, 2.45) is 0 Å². The molecule has 0 heterocycles. The largest absolute Gasteiger partial charge is 0.573 e. The van der Waals surface area contributed by atoms with Gasteiger partial charge in [0.1, 0.15) is 6.04 Å². The van der Waals surface area contributed by atoms with Crippen molar-refractivity contribution < 1.29 is 31.8 Å². The molecule has 0 aromatic rings. The van der Waals surface area contributed by atoms with Gasteiger partial charge in [0.2, 0.25) is 0 Å². The Balaban J connectivity index is 2.82. The Morgan fingerprint density at radius 2 is 1.96 bits per heavy atom.